The Morgan fingerprint density at radius 2 is 1.89 bits per heavy atom. The average molecular weight is 515 g/mol. The number of halogens is 3. The van der Waals surface area contributed by atoms with Gasteiger partial charge in [-0.2, -0.15) is 0 Å². The predicted octanol–water partition coefficient (Wildman–Crippen LogP) is 3.10. The van der Waals surface area contributed by atoms with Crippen molar-refractivity contribution in [2.75, 3.05) is 13.1 Å². The van der Waals surface area contributed by atoms with Gasteiger partial charge in [0.05, 0.1) is 0 Å². The van der Waals surface area contributed by atoms with Gasteiger partial charge in [-0.15, -0.1) is 0 Å². The molecule has 2 atom stereocenters. The molecular weight excluding hydrogens is 482 g/mol. The minimum absolute atomic E-state index is 0.00717. The molecule has 1 aliphatic heterocycles. The summed E-state index contributed by atoms with van der Waals surface area (Å²) in [6.07, 6.45) is 3.98. The number of nitrogens with one attached hydrogen (secondary N) is 3. The summed E-state index contributed by atoms with van der Waals surface area (Å²) in [7, 11) is 4.09. The average Bonchev–Trinajstić information content (AvgIpc) is 3.26. The van der Waals surface area contributed by atoms with E-state index in [0.29, 0.717) is 42.9 Å². The van der Waals surface area contributed by atoms with E-state index in [1.165, 1.54) is 6.07 Å². The molecule has 5 rings (SSSR count). The summed E-state index contributed by atoms with van der Waals surface area (Å²) in [5.41, 5.74) is 1.01. The first-order chi connectivity index (χ1) is 17.5. The third-order valence-corrected chi connectivity index (χ3v) is 8.13. The van der Waals surface area contributed by atoms with Crippen LogP contribution in [0.4, 0.5) is 13.2 Å². The van der Waals surface area contributed by atoms with Crippen LogP contribution >= 0.6 is 0 Å². The second kappa shape index (κ2) is 9.80. The van der Waals surface area contributed by atoms with Crippen molar-refractivity contribution in [3.8, 4) is 0 Å². The van der Waals surface area contributed by atoms with Crippen LogP contribution in [0, 0.1) is 17.2 Å². The first kappa shape index (κ1) is 25.8. The predicted molar refractivity (Wildman–Crippen MR) is 136 cm³/mol. The molecule has 1 aromatic carbocycles. The Hall–Kier alpha value is -2.85. The number of hydrogen-bond acceptors (Lipinski definition) is 4. The fraction of sp³-hybridized carbons (Fsp3) is 0.615. The molecule has 11 heteroatoms. The molecule has 2 aromatic rings. The van der Waals surface area contributed by atoms with Gasteiger partial charge in [0, 0.05) is 0 Å². The second-order valence-electron chi connectivity index (χ2n) is 11.2. The Kier molecular flexibility index (Phi) is 6.83. The van der Waals surface area contributed by atoms with Crippen LogP contribution in [-0.4, -0.2) is 64.8 Å². The second-order valence-corrected chi connectivity index (χ2v) is 11.2. The first-order valence-electron chi connectivity index (χ1n) is 13.1. The summed E-state index contributed by atoms with van der Waals surface area (Å²) in [5.74, 6) is -3.14. The van der Waals surface area contributed by atoms with Gasteiger partial charge >= 0.3 is 215 Å². The summed E-state index contributed by atoms with van der Waals surface area (Å²) in [6, 6.07) is 3.17. The fourth-order valence-corrected chi connectivity index (χ4v) is 6.17. The van der Waals surface area contributed by atoms with Crippen molar-refractivity contribution in [3.05, 3.63) is 29.8 Å². The van der Waals surface area contributed by atoms with Crippen molar-refractivity contribution in [3.63, 3.8) is 0 Å². The third-order valence-electron chi connectivity index (χ3n) is 8.13. The van der Waals surface area contributed by atoms with E-state index in [2.05, 4.69) is 28.1 Å². The number of carbonyl (C=O) groups is 2. The monoisotopic (exact) mass is 515 g/mol. The van der Waals surface area contributed by atoms with E-state index in [9.17, 15) is 22.8 Å². The zero-order valence-electron chi connectivity index (χ0n) is 21.1. The maximum absolute atomic E-state index is 14.1. The van der Waals surface area contributed by atoms with Crippen LogP contribution in [0.5, 0.6) is 0 Å². The molecule has 0 bridgehead atoms. The van der Waals surface area contributed by atoms with Crippen LogP contribution in [0.2, 0.25) is 0 Å². The molecule has 1 saturated heterocycles. The Morgan fingerprint density at radius 1 is 1.19 bits per heavy atom. The van der Waals surface area contributed by atoms with E-state index in [4.69, 9.17) is 0 Å². The molecule has 3 aliphatic rings. The number of piperidine rings is 1. The van der Waals surface area contributed by atoms with Crippen molar-refractivity contribution >= 4 is 35.9 Å². The van der Waals surface area contributed by atoms with Crippen molar-refractivity contribution in [1.29, 1.82) is 0 Å². The number of para-hydroxylation sites is 1. The fourth-order valence-electron chi connectivity index (χ4n) is 6.17. The van der Waals surface area contributed by atoms with Gasteiger partial charge in [-0.3, -0.25) is 0 Å². The number of amides is 2. The van der Waals surface area contributed by atoms with E-state index in [0.717, 1.165) is 19.3 Å². The normalized spacial score (nSPS) is 22.1. The number of imidazole rings is 1. The Balaban J connectivity index is 1.25. The molecule has 3 fully saturated rings. The molecule has 7 nitrogen and oxygen atoms in total. The zero-order valence-corrected chi connectivity index (χ0v) is 21.1. The summed E-state index contributed by atoms with van der Waals surface area (Å²) >= 11 is 0. The summed E-state index contributed by atoms with van der Waals surface area (Å²) in [6.45, 7) is 3.08. The van der Waals surface area contributed by atoms with Gasteiger partial charge in [0.1, 0.15) is 0 Å². The van der Waals surface area contributed by atoms with Crippen LogP contribution < -0.4 is 10.6 Å². The number of aromatic nitrogens is 2. The van der Waals surface area contributed by atoms with E-state index in [1.807, 2.05) is 0 Å². The van der Waals surface area contributed by atoms with Crippen molar-refractivity contribution in [2.24, 2.45) is 11.3 Å². The number of fused-ring (bicyclic) bond motifs is 1. The molecule has 1 aromatic heterocycles. The topological polar surface area (TPSA) is 90.1 Å². The molecule has 0 radical (unpaired) electrons. The van der Waals surface area contributed by atoms with Crippen LogP contribution in [0.25, 0.3) is 11.0 Å². The van der Waals surface area contributed by atoms with Gasteiger partial charge in [-0.05, 0) is 0 Å². The van der Waals surface area contributed by atoms with Crippen molar-refractivity contribution in [2.45, 2.75) is 76.3 Å². The van der Waals surface area contributed by atoms with Gasteiger partial charge < -0.3 is 0 Å². The van der Waals surface area contributed by atoms with Gasteiger partial charge in [0.15, 0.2) is 0 Å². The van der Waals surface area contributed by atoms with Crippen LogP contribution in [0.15, 0.2) is 18.2 Å². The molecule has 198 valence electrons. The molecular formula is C26H33BF3N5O2. The summed E-state index contributed by atoms with van der Waals surface area (Å²) in [4.78, 5) is 35.5. The van der Waals surface area contributed by atoms with Crippen molar-refractivity contribution < 1.29 is 22.8 Å². The number of rotatable bonds is 8. The molecule has 3 N–H and O–H groups in total. The molecule has 2 amide bonds. The van der Waals surface area contributed by atoms with E-state index in [1.54, 1.807) is 24.0 Å². The van der Waals surface area contributed by atoms with Crippen LogP contribution in [-0.2, 0) is 9.59 Å². The van der Waals surface area contributed by atoms with Gasteiger partial charge in [0.25, 0.3) is 0 Å². The number of H-pyrrole nitrogens is 1. The molecule has 2 heterocycles. The number of aromatic amines is 1. The molecule has 1 spiro atoms. The molecule has 2 unspecified atom stereocenters. The quantitative estimate of drug-likeness (QED) is 0.472. The SMILES string of the molecule is B=C(NC(CC(=O)N1CCCCC1)C(=O)NC(C)c1nc2c(F)cccc2[nH]1)C1CC2(C1)CC(F)(F)C2. The molecule has 2 saturated carbocycles. The number of alkyl halides is 2. The number of nitrogens with zero attached hydrogens (tertiary/aromatic N) is 2. The van der Waals surface area contributed by atoms with Gasteiger partial charge in [0.2, 0.25) is 0 Å². The number of likely N-dealkylation sites (tertiary alicyclic amines) is 1. The van der Waals surface area contributed by atoms with Gasteiger partial charge in [-0.25, -0.2) is 0 Å². The molecule has 37 heavy (non-hydrogen) atoms. The van der Waals surface area contributed by atoms with Crippen molar-refractivity contribution in [1.82, 2.24) is 25.5 Å². The van der Waals surface area contributed by atoms with Gasteiger partial charge in [-0.1, -0.05) is 0 Å². The number of benzene rings is 1. The minimum atomic E-state index is -2.57. The Bertz CT molecular complexity index is 1200. The number of hydrogen-bond donors (Lipinski definition) is 3. The van der Waals surface area contributed by atoms with Crippen LogP contribution in [0.1, 0.15) is 70.2 Å². The zero-order chi connectivity index (χ0) is 26.4. The first-order valence-corrected chi connectivity index (χ1v) is 13.1. The Morgan fingerprint density at radius 3 is 2.54 bits per heavy atom. The number of carbonyl (C=O) groups excluding carboxylic acids is 2. The van der Waals surface area contributed by atoms with E-state index < -0.39 is 29.7 Å². The summed E-state index contributed by atoms with van der Waals surface area (Å²) in [5, 5.41) is 6.04. The van der Waals surface area contributed by atoms with Crippen LogP contribution in [0.3, 0.4) is 0 Å². The van der Waals surface area contributed by atoms with E-state index >= 15 is 0 Å². The molecule has 2 aliphatic carbocycles. The standard InChI is InChI=1S/C26H33BF3N5O2/c1-15(23-33-18-7-5-6-17(28)21(18)34-23)31-24(37)19(10-20(36)35-8-3-2-4-9-35)32-22(27)16-11-25(12-16)13-26(29,30)14-25/h5-7,15-16,19,27,32H,2-4,8-14H2,1H3,(H,31,37)(H,33,34). The summed E-state index contributed by atoms with van der Waals surface area (Å²) < 4.78 is 40.9. The maximum atomic E-state index is 14.1. The van der Waals surface area contributed by atoms with E-state index in [-0.39, 0.29) is 42.0 Å². The Labute approximate surface area is 215 Å². The third kappa shape index (κ3) is 5.41.